The van der Waals surface area contributed by atoms with Gasteiger partial charge in [-0.25, -0.2) is 15.4 Å². The molecule has 0 aliphatic heterocycles. The Balaban J connectivity index is 2.57. The van der Waals surface area contributed by atoms with Crippen molar-refractivity contribution in [3.63, 3.8) is 0 Å². The Kier molecular flexibility index (Phi) is 1.89. The summed E-state index contributed by atoms with van der Waals surface area (Å²) < 4.78 is 0. The molecule has 0 aliphatic rings. The van der Waals surface area contributed by atoms with Gasteiger partial charge in [-0.05, 0) is 11.4 Å². The summed E-state index contributed by atoms with van der Waals surface area (Å²) in [6.07, 6.45) is 1.51. The van der Waals surface area contributed by atoms with Gasteiger partial charge in [0.2, 0.25) is 0 Å². The van der Waals surface area contributed by atoms with Crippen molar-refractivity contribution in [1.82, 2.24) is 9.97 Å². The van der Waals surface area contributed by atoms with Crippen LogP contribution in [0.15, 0.2) is 17.8 Å². The summed E-state index contributed by atoms with van der Waals surface area (Å²) in [6, 6.07) is 1.96. The highest BCUT2D eigenvalue weighted by Gasteiger charge is 2.02. The predicted octanol–water partition coefficient (Wildman–Crippen LogP) is 1.66. The zero-order chi connectivity index (χ0) is 8.39. The molecule has 0 aliphatic carbocycles. The Morgan fingerprint density at radius 1 is 1.50 bits per heavy atom. The summed E-state index contributed by atoms with van der Waals surface area (Å²) in [5, 5.41) is 2.96. The predicted molar refractivity (Wildman–Crippen MR) is 48.0 cm³/mol. The number of rotatable bonds is 2. The van der Waals surface area contributed by atoms with Crippen molar-refractivity contribution >= 4 is 27.4 Å². The highest BCUT2D eigenvalue weighted by atomic mass is 32.1. The number of nitrogens with zero attached hydrogens (tertiary/aromatic N) is 2. The van der Waals surface area contributed by atoms with Gasteiger partial charge in [0, 0.05) is 0 Å². The molecular weight excluding hydrogens is 174 g/mol. The second-order valence-corrected chi connectivity index (χ2v) is 3.06. The summed E-state index contributed by atoms with van der Waals surface area (Å²) in [5.74, 6) is 0.712. The minimum absolute atomic E-state index is 0.712. The van der Waals surface area contributed by atoms with Crippen LogP contribution in [0.2, 0.25) is 0 Å². The molecule has 0 spiro atoms. The summed E-state index contributed by atoms with van der Waals surface area (Å²) >= 11 is 1.58. The van der Waals surface area contributed by atoms with E-state index in [1.165, 1.54) is 6.33 Å². The lowest BCUT2D eigenvalue weighted by Crippen LogP contribution is -1.98. The van der Waals surface area contributed by atoms with Crippen molar-refractivity contribution in [2.24, 2.45) is 0 Å². The molecule has 62 valence electrons. The van der Waals surface area contributed by atoms with E-state index < -0.39 is 0 Å². The summed E-state index contributed by atoms with van der Waals surface area (Å²) in [5.41, 5.74) is 2.69. The Labute approximate surface area is 73.2 Å². The van der Waals surface area contributed by atoms with Crippen LogP contribution in [0.3, 0.4) is 0 Å². The molecule has 5 heteroatoms. The van der Waals surface area contributed by atoms with Crippen LogP contribution in [0.5, 0.6) is 0 Å². The van der Waals surface area contributed by atoms with Crippen LogP contribution < -0.4 is 5.48 Å². The Bertz CT molecular complexity index is 387. The minimum atomic E-state index is 0.712. The molecule has 2 aromatic heterocycles. The molecule has 2 heterocycles. The standard InChI is InChI=1S/C7H7N3OS/c1-11-10-6-5-2-3-12-7(5)9-4-8-6/h2-4H,1H3,(H,8,9,10). The van der Waals surface area contributed by atoms with Gasteiger partial charge in [-0.1, -0.05) is 0 Å². The lowest BCUT2D eigenvalue weighted by Gasteiger charge is -2.01. The molecule has 0 unspecified atom stereocenters. The van der Waals surface area contributed by atoms with E-state index in [1.54, 1.807) is 18.4 Å². The molecule has 0 saturated carbocycles. The van der Waals surface area contributed by atoms with E-state index in [9.17, 15) is 0 Å². The van der Waals surface area contributed by atoms with Gasteiger partial charge in [0.05, 0.1) is 12.5 Å². The van der Waals surface area contributed by atoms with Crippen LogP contribution >= 0.6 is 11.3 Å². The van der Waals surface area contributed by atoms with Gasteiger partial charge in [-0.15, -0.1) is 11.3 Å². The fourth-order valence-corrected chi connectivity index (χ4v) is 1.70. The SMILES string of the molecule is CONc1ncnc2sccc12. The average Bonchev–Trinajstić information content (AvgIpc) is 2.53. The van der Waals surface area contributed by atoms with Gasteiger partial charge >= 0.3 is 0 Å². The van der Waals surface area contributed by atoms with E-state index in [-0.39, 0.29) is 0 Å². The second-order valence-electron chi connectivity index (χ2n) is 2.17. The summed E-state index contributed by atoms with van der Waals surface area (Å²) in [6.45, 7) is 0. The fourth-order valence-electron chi connectivity index (χ4n) is 0.968. The molecule has 0 fully saturated rings. The van der Waals surface area contributed by atoms with Crippen LogP contribution in [0, 0.1) is 0 Å². The van der Waals surface area contributed by atoms with E-state index in [0.717, 1.165) is 10.2 Å². The van der Waals surface area contributed by atoms with Gasteiger partial charge in [0.15, 0.2) is 5.82 Å². The Morgan fingerprint density at radius 3 is 3.25 bits per heavy atom. The number of fused-ring (bicyclic) bond motifs is 1. The van der Waals surface area contributed by atoms with Crippen LogP contribution in [0.1, 0.15) is 0 Å². The van der Waals surface area contributed by atoms with Crippen molar-refractivity contribution in [2.75, 3.05) is 12.6 Å². The lowest BCUT2D eigenvalue weighted by atomic mass is 10.4. The summed E-state index contributed by atoms with van der Waals surface area (Å²) in [4.78, 5) is 13.9. The molecule has 0 aromatic carbocycles. The van der Waals surface area contributed by atoms with Gasteiger partial charge < -0.3 is 0 Å². The quantitative estimate of drug-likeness (QED) is 0.716. The largest absolute Gasteiger partial charge is 0.278 e. The first-order valence-corrected chi connectivity index (χ1v) is 4.27. The average molecular weight is 181 g/mol. The zero-order valence-electron chi connectivity index (χ0n) is 6.44. The number of anilines is 1. The monoisotopic (exact) mass is 181 g/mol. The molecule has 12 heavy (non-hydrogen) atoms. The third kappa shape index (κ3) is 1.13. The molecular formula is C7H7N3OS. The topological polar surface area (TPSA) is 47.0 Å². The minimum Gasteiger partial charge on any atom is -0.278 e. The van der Waals surface area contributed by atoms with E-state index in [1.807, 2.05) is 11.4 Å². The first kappa shape index (κ1) is 7.45. The summed E-state index contributed by atoms with van der Waals surface area (Å²) in [7, 11) is 1.56. The molecule has 2 rings (SSSR count). The Hall–Kier alpha value is -1.20. The smallest absolute Gasteiger partial charge is 0.161 e. The van der Waals surface area contributed by atoms with Crippen LogP contribution in [0.4, 0.5) is 5.82 Å². The van der Waals surface area contributed by atoms with E-state index in [0.29, 0.717) is 5.82 Å². The van der Waals surface area contributed by atoms with Crippen molar-refractivity contribution in [3.05, 3.63) is 17.8 Å². The highest BCUT2D eigenvalue weighted by Crippen LogP contribution is 2.23. The van der Waals surface area contributed by atoms with E-state index >= 15 is 0 Å². The molecule has 0 radical (unpaired) electrons. The molecule has 0 atom stereocenters. The maximum Gasteiger partial charge on any atom is 0.161 e. The Morgan fingerprint density at radius 2 is 2.42 bits per heavy atom. The first-order valence-electron chi connectivity index (χ1n) is 3.39. The van der Waals surface area contributed by atoms with Crippen molar-refractivity contribution in [3.8, 4) is 0 Å². The molecule has 1 N–H and O–H groups in total. The van der Waals surface area contributed by atoms with Gasteiger partial charge in [0.1, 0.15) is 11.2 Å². The lowest BCUT2D eigenvalue weighted by molar-refractivity contribution is 0.269. The second kappa shape index (κ2) is 3.04. The van der Waals surface area contributed by atoms with Crippen molar-refractivity contribution in [2.45, 2.75) is 0 Å². The van der Waals surface area contributed by atoms with Crippen LogP contribution in [-0.2, 0) is 4.84 Å². The number of aromatic nitrogens is 2. The normalized spacial score (nSPS) is 10.4. The fraction of sp³-hybridized carbons (Fsp3) is 0.143. The van der Waals surface area contributed by atoms with Crippen molar-refractivity contribution in [1.29, 1.82) is 0 Å². The van der Waals surface area contributed by atoms with Gasteiger partial charge in [-0.2, -0.15) is 0 Å². The molecule has 4 nitrogen and oxygen atoms in total. The number of hydrogen-bond acceptors (Lipinski definition) is 5. The molecule has 2 aromatic rings. The van der Waals surface area contributed by atoms with Gasteiger partial charge in [0.25, 0.3) is 0 Å². The maximum absolute atomic E-state index is 4.77. The highest BCUT2D eigenvalue weighted by molar-refractivity contribution is 7.16. The molecule has 0 amide bonds. The third-order valence-electron chi connectivity index (χ3n) is 1.46. The third-order valence-corrected chi connectivity index (χ3v) is 2.28. The number of nitrogens with one attached hydrogen (secondary N) is 1. The van der Waals surface area contributed by atoms with Crippen LogP contribution in [-0.4, -0.2) is 17.1 Å². The molecule has 0 bridgehead atoms. The van der Waals surface area contributed by atoms with E-state index in [2.05, 4.69) is 15.4 Å². The first-order chi connectivity index (χ1) is 5.92. The van der Waals surface area contributed by atoms with Gasteiger partial charge in [-0.3, -0.25) is 4.84 Å². The van der Waals surface area contributed by atoms with Crippen LogP contribution in [0.25, 0.3) is 10.2 Å². The zero-order valence-corrected chi connectivity index (χ0v) is 7.26. The maximum atomic E-state index is 4.77. The van der Waals surface area contributed by atoms with E-state index in [4.69, 9.17) is 4.84 Å². The van der Waals surface area contributed by atoms with Crippen molar-refractivity contribution < 1.29 is 4.84 Å². The number of hydrogen-bond donors (Lipinski definition) is 1. The number of thiophene rings is 1. The molecule has 0 saturated heterocycles.